The number of anilines is 1. The smallest absolute Gasteiger partial charge is 0.319 e. The average Bonchev–Trinajstić information content (AvgIpc) is 2.74. The van der Waals surface area contributed by atoms with Crippen molar-refractivity contribution in [2.24, 2.45) is 7.05 Å². The van der Waals surface area contributed by atoms with Crippen molar-refractivity contribution in [1.82, 2.24) is 9.88 Å². The monoisotopic (exact) mass is 461 g/mol. The Kier molecular flexibility index (Phi) is 6.71. The van der Waals surface area contributed by atoms with Crippen LogP contribution in [0, 0.1) is 17.5 Å². The molecule has 0 spiro atoms. The number of carbonyl (C=O) groups excluding carboxylic acids is 1. The quantitative estimate of drug-likeness (QED) is 0.448. The summed E-state index contributed by atoms with van der Waals surface area (Å²) in [5.74, 6) is -4.85. The Hall–Kier alpha value is -4.28. The van der Waals surface area contributed by atoms with Gasteiger partial charge >= 0.3 is 12.0 Å². The molecule has 4 N–H and O–H groups in total. The molecule has 2 amide bonds. The summed E-state index contributed by atoms with van der Waals surface area (Å²) in [7, 11) is 1.39. The molecule has 0 bridgehead atoms. The molecule has 0 aliphatic carbocycles. The van der Waals surface area contributed by atoms with E-state index in [1.165, 1.54) is 19.3 Å². The summed E-state index contributed by atoms with van der Waals surface area (Å²) in [6.07, 6.45) is 0.604. The fourth-order valence-corrected chi connectivity index (χ4v) is 3.18. The number of carboxylic acids is 1. The van der Waals surface area contributed by atoms with Crippen LogP contribution in [0.4, 0.5) is 23.7 Å². The average molecular weight is 461 g/mol. The predicted molar refractivity (Wildman–Crippen MR) is 112 cm³/mol. The Morgan fingerprint density at radius 2 is 1.73 bits per heavy atom. The molecule has 0 aliphatic rings. The number of rotatable bonds is 6. The molecule has 0 radical (unpaired) electrons. The van der Waals surface area contributed by atoms with Crippen molar-refractivity contribution in [3.05, 3.63) is 82.0 Å². The number of urea groups is 1. The molecular formula is C22H18F3N3O5. The normalized spacial score (nSPS) is 11.6. The number of aromatic hydroxyl groups is 1. The molecular weight excluding hydrogens is 443 g/mol. The van der Waals surface area contributed by atoms with E-state index in [0.29, 0.717) is 0 Å². The van der Waals surface area contributed by atoms with Crippen molar-refractivity contribution < 1.29 is 33.0 Å². The highest BCUT2D eigenvalue weighted by Gasteiger charge is 2.23. The second-order valence-electron chi connectivity index (χ2n) is 7.08. The minimum atomic E-state index is -1.33. The van der Waals surface area contributed by atoms with E-state index >= 15 is 0 Å². The third-order valence-electron chi connectivity index (χ3n) is 4.79. The van der Waals surface area contributed by atoms with Crippen molar-refractivity contribution in [3.8, 4) is 16.9 Å². The third-order valence-corrected chi connectivity index (χ3v) is 4.79. The van der Waals surface area contributed by atoms with Gasteiger partial charge in [-0.3, -0.25) is 9.59 Å². The first-order valence-electron chi connectivity index (χ1n) is 9.50. The third kappa shape index (κ3) is 5.14. The number of aryl methyl sites for hydroxylation is 1. The first-order chi connectivity index (χ1) is 15.6. The minimum absolute atomic E-state index is 0.0387. The lowest BCUT2D eigenvalue weighted by Gasteiger charge is -2.19. The van der Waals surface area contributed by atoms with Crippen LogP contribution in [0.5, 0.6) is 5.75 Å². The molecule has 3 aromatic rings. The van der Waals surface area contributed by atoms with E-state index in [1.807, 2.05) is 0 Å². The summed E-state index contributed by atoms with van der Waals surface area (Å²) in [6, 6.07) is 4.93. The lowest BCUT2D eigenvalue weighted by molar-refractivity contribution is -0.137. The van der Waals surface area contributed by atoms with Crippen LogP contribution in [0.25, 0.3) is 11.1 Å². The number of aromatic nitrogens is 1. The maximum Gasteiger partial charge on any atom is 0.319 e. The number of halogens is 3. The van der Waals surface area contributed by atoms with E-state index in [1.54, 1.807) is 0 Å². The molecule has 33 heavy (non-hydrogen) atoms. The van der Waals surface area contributed by atoms with Gasteiger partial charge in [0, 0.05) is 18.8 Å². The van der Waals surface area contributed by atoms with Gasteiger partial charge in [-0.25, -0.2) is 18.0 Å². The molecule has 2 aromatic carbocycles. The molecule has 8 nitrogen and oxygen atoms in total. The van der Waals surface area contributed by atoms with E-state index in [0.717, 1.165) is 41.0 Å². The summed E-state index contributed by atoms with van der Waals surface area (Å²) in [5.41, 5.74) is -2.24. The van der Waals surface area contributed by atoms with Gasteiger partial charge in [0.05, 0.1) is 18.0 Å². The maximum atomic E-state index is 14.4. The fourth-order valence-electron chi connectivity index (χ4n) is 3.18. The van der Waals surface area contributed by atoms with Crippen molar-refractivity contribution in [2.45, 2.75) is 12.5 Å². The Bertz CT molecular complexity index is 1270. The Labute approximate surface area is 184 Å². The van der Waals surface area contributed by atoms with E-state index in [-0.39, 0.29) is 5.56 Å². The summed E-state index contributed by atoms with van der Waals surface area (Å²) < 4.78 is 43.9. The molecule has 3 rings (SSSR count). The topological polar surface area (TPSA) is 121 Å². The molecule has 0 unspecified atom stereocenters. The lowest BCUT2D eigenvalue weighted by Crippen LogP contribution is -2.36. The number of nitrogens with one attached hydrogen (secondary N) is 2. The van der Waals surface area contributed by atoms with Crippen LogP contribution in [-0.2, 0) is 11.8 Å². The number of carboxylic acid groups (broad SMARTS) is 1. The highest BCUT2D eigenvalue weighted by atomic mass is 19.1. The van der Waals surface area contributed by atoms with Crippen LogP contribution < -0.4 is 16.2 Å². The van der Waals surface area contributed by atoms with Gasteiger partial charge in [-0.1, -0.05) is 12.1 Å². The predicted octanol–water partition coefficient (Wildman–Crippen LogP) is 3.51. The molecule has 1 atom stereocenters. The SMILES string of the molecule is Cn1ccc(O)c(NC(=O)N[C@@H](CC(=O)O)c2ccc(F)c(-c3c(F)cccc3F)c2)c1=O. The van der Waals surface area contributed by atoms with Gasteiger partial charge < -0.3 is 25.4 Å². The maximum absolute atomic E-state index is 14.4. The number of hydrogen-bond acceptors (Lipinski definition) is 4. The van der Waals surface area contributed by atoms with E-state index < -0.39 is 70.0 Å². The zero-order valence-corrected chi connectivity index (χ0v) is 17.1. The molecule has 1 heterocycles. The Morgan fingerprint density at radius 3 is 2.36 bits per heavy atom. The summed E-state index contributed by atoms with van der Waals surface area (Å²) in [4.78, 5) is 35.9. The molecule has 172 valence electrons. The molecule has 1 aromatic heterocycles. The second-order valence-corrected chi connectivity index (χ2v) is 7.08. The van der Waals surface area contributed by atoms with E-state index in [9.17, 15) is 37.8 Å². The zero-order valence-electron chi connectivity index (χ0n) is 17.1. The number of hydrogen-bond donors (Lipinski definition) is 4. The highest BCUT2D eigenvalue weighted by Crippen LogP contribution is 2.31. The lowest BCUT2D eigenvalue weighted by atomic mass is 9.96. The largest absolute Gasteiger partial charge is 0.505 e. The summed E-state index contributed by atoms with van der Waals surface area (Å²) in [6.45, 7) is 0. The highest BCUT2D eigenvalue weighted by molar-refractivity contribution is 5.91. The van der Waals surface area contributed by atoms with Gasteiger partial charge in [-0.05, 0) is 35.9 Å². The molecule has 0 aliphatic heterocycles. The van der Waals surface area contributed by atoms with Crippen molar-refractivity contribution in [2.75, 3.05) is 5.32 Å². The van der Waals surface area contributed by atoms with E-state index in [4.69, 9.17) is 0 Å². The van der Waals surface area contributed by atoms with Gasteiger partial charge in [-0.15, -0.1) is 0 Å². The van der Waals surface area contributed by atoms with Gasteiger partial charge in [0.1, 0.15) is 23.2 Å². The van der Waals surface area contributed by atoms with Gasteiger partial charge in [0.25, 0.3) is 5.56 Å². The zero-order chi connectivity index (χ0) is 24.3. The molecule has 11 heteroatoms. The van der Waals surface area contributed by atoms with E-state index in [2.05, 4.69) is 10.6 Å². The first kappa shape index (κ1) is 23.4. The number of nitrogens with zero attached hydrogens (tertiary/aromatic N) is 1. The number of benzene rings is 2. The molecule has 0 fully saturated rings. The number of aliphatic carboxylic acids is 1. The van der Waals surface area contributed by atoms with Crippen LogP contribution in [-0.4, -0.2) is 26.8 Å². The van der Waals surface area contributed by atoms with Crippen molar-refractivity contribution >= 4 is 17.7 Å². The van der Waals surface area contributed by atoms with Crippen LogP contribution in [0.2, 0.25) is 0 Å². The van der Waals surface area contributed by atoms with Gasteiger partial charge in [-0.2, -0.15) is 0 Å². The Balaban J connectivity index is 1.96. The van der Waals surface area contributed by atoms with Crippen LogP contribution in [0.1, 0.15) is 18.0 Å². The molecule has 0 saturated heterocycles. The summed E-state index contributed by atoms with van der Waals surface area (Å²) >= 11 is 0. The number of pyridine rings is 1. The number of amides is 2. The van der Waals surface area contributed by atoms with Crippen LogP contribution in [0.3, 0.4) is 0 Å². The molecule has 0 saturated carbocycles. The number of carbonyl (C=O) groups is 2. The fraction of sp³-hybridized carbons (Fsp3) is 0.136. The van der Waals surface area contributed by atoms with Crippen LogP contribution >= 0.6 is 0 Å². The second kappa shape index (κ2) is 9.47. The minimum Gasteiger partial charge on any atom is -0.505 e. The van der Waals surface area contributed by atoms with Crippen molar-refractivity contribution in [1.29, 1.82) is 0 Å². The van der Waals surface area contributed by atoms with Gasteiger partial charge in [0.2, 0.25) is 0 Å². The standard InChI is InChI=1S/C22H18F3N3O5/c1-28-8-7-17(29)20(21(28)32)27-22(33)26-16(10-18(30)31)11-5-6-13(23)12(9-11)19-14(24)3-2-4-15(19)25/h2-9,16,29H,10H2,1H3,(H,30,31)(H2,26,27,33)/t16-/m0/s1. The van der Waals surface area contributed by atoms with Gasteiger partial charge in [0.15, 0.2) is 5.69 Å². The summed E-state index contributed by atoms with van der Waals surface area (Å²) in [5, 5.41) is 23.5. The van der Waals surface area contributed by atoms with Crippen molar-refractivity contribution in [3.63, 3.8) is 0 Å². The first-order valence-corrected chi connectivity index (χ1v) is 9.50. The van der Waals surface area contributed by atoms with Crippen LogP contribution in [0.15, 0.2) is 53.5 Å². The Morgan fingerprint density at radius 1 is 1.06 bits per heavy atom.